The summed E-state index contributed by atoms with van der Waals surface area (Å²) in [6.07, 6.45) is 5.20. The molecule has 1 saturated carbocycles. The molecule has 0 saturated heterocycles. The van der Waals surface area contributed by atoms with E-state index in [1.165, 1.54) is 25.7 Å². The Morgan fingerprint density at radius 3 is 1.92 bits per heavy atom. The van der Waals surface area contributed by atoms with Crippen LogP contribution >= 0.6 is 0 Å². The van der Waals surface area contributed by atoms with Gasteiger partial charge in [-0.25, -0.2) is 0 Å². The number of carbonyl (C=O) groups is 1. The fraction of sp³-hybridized carbons (Fsp3) is 0.889. The number of carboxylic acid groups (broad SMARTS) is 1. The maximum atomic E-state index is 9.00. The van der Waals surface area contributed by atoms with Crippen LogP contribution in [0.1, 0.15) is 39.5 Å². The Kier molecular flexibility index (Phi) is 5.72. The first-order chi connectivity index (χ1) is 5.52. The molecule has 0 unspecified atom stereocenters. The summed E-state index contributed by atoms with van der Waals surface area (Å²) >= 11 is 0. The van der Waals surface area contributed by atoms with Gasteiger partial charge in [0.05, 0.1) is 0 Å². The van der Waals surface area contributed by atoms with Crippen LogP contribution in [0.25, 0.3) is 0 Å². The quantitative estimate of drug-likeness (QED) is 0.585. The van der Waals surface area contributed by atoms with Gasteiger partial charge in [0, 0.05) is 13.0 Å². The summed E-state index contributed by atoms with van der Waals surface area (Å²) in [5.41, 5.74) is 5.70. The van der Waals surface area contributed by atoms with E-state index in [4.69, 9.17) is 15.6 Å². The van der Waals surface area contributed by atoms with Gasteiger partial charge in [-0.2, -0.15) is 0 Å². The molecule has 0 amide bonds. The third-order valence-electron chi connectivity index (χ3n) is 2.06. The van der Waals surface area contributed by atoms with Crippen molar-refractivity contribution in [1.82, 2.24) is 0 Å². The highest BCUT2D eigenvalue weighted by molar-refractivity contribution is 5.62. The summed E-state index contributed by atoms with van der Waals surface area (Å²) in [5, 5.41) is 7.42. The number of nitrogens with two attached hydrogens (primary N) is 1. The van der Waals surface area contributed by atoms with Crippen LogP contribution in [-0.4, -0.2) is 17.1 Å². The highest BCUT2D eigenvalue weighted by Crippen LogP contribution is 2.21. The SMILES string of the molecule is CC(=O)O.CC1CCC(N)CC1. The van der Waals surface area contributed by atoms with E-state index in [1.54, 1.807) is 0 Å². The largest absolute Gasteiger partial charge is 0.481 e. The lowest BCUT2D eigenvalue weighted by Crippen LogP contribution is -2.25. The molecule has 12 heavy (non-hydrogen) atoms. The lowest BCUT2D eigenvalue weighted by molar-refractivity contribution is -0.134. The van der Waals surface area contributed by atoms with Crippen LogP contribution in [-0.2, 0) is 4.79 Å². The molecule has 0 bridgehead atoms. The van der Waals surface area contributed by atoms with Crippen molar-refractivity contribution >= 4 is 5.97 Å². The second-order valence-corrected chi connectivity index (χ2v) is 3.54. The number of aliphatic carboxylic acids is 1. The smallest absolute Gasteiger partial charge is 0.300 e. The van der Waals surface area contributed by atoms with Gasteiger partial charge in [0.15, 0.2) is 0 Å². The van der Waals surface area contributed by atoms with Crippen LogP contribution in [0.2, 0.25) is 0 Å². The Bertz CT molecular complexity index is 114. The first-order valence-corrected chi connectivity index (χ1v) is 4.47. The Hall–Kier alpha value is -0.570. The molecule has 3 heteroatoms. The van der Waals surface area contributed by atoms with Crippen molar-refractivity contribution in [3.63, 3.8) is 0 Å². The summed E-state index contributed by atoms with van der Waals surface area (Å²) in [6.45, 7) is 3.39. The van der Waals surface area contributed by atoms with E-state index < -0.39 is 5.97 Å². The van der Waals surface area contributed by atoms with E-state index in [0.29, 0.717) is 6.04 Å². The minimum absolute atomic E-state index is 0.520. The Morgan fingerprint density at radius 2 is 1.67 bits per heavy atom. The van der Waals surface area contributed by atoms with Gasteiger partial charge in [0.2, 0.25) is 0 Å². The standard InChI is InChI=1S/C7H15N.C2H4O2/c1-6-2-4-7(8)5-3-6;1-2(3)4/h6-7H,2-5,8H2,1H3;1H3,(H,3,4). The fourth-order valence-corrected chi connectivity index (χ4v) is 1.29. The van der Waals surface area contributed by atoms with E-state index in [9.17, 15) is 0 Å². The van der Waals surface area contributed by atoms with Crippen molar-refractivity contribution in [2.24, 2.45) is 11.7 Å². The van der Waals surface area contributed by atoms with Gasteiger partial charge < -0.3 is 10.8 Å². The zero-order valence-electron chi connectivity index (χ0n) is 7.92. The molecule has 3 N–H and O–H groups in total. The van der Waals surface area contributed by atoms with Crippen molar-refractivity contribution < 1.29 is 9.90 Å². The maximum absolute atomic E-state index is 9.00. The third kappa shape index (κ3) is 7.54. The van der Waals surface area contributed by atoms with E-state index >= 15 is 0 Å². The second-order valence-electron chi connectivity index (χ2n) is 3.54. The van der Waals surface area contributed by atoms with Gasteiger partial charge in [-0.3, -0.25) is 4.79 Å². The number of carboxylic acids is 1. The minimum atomic E-state index is -0.833. The summed E-state index contributed by atoms with van der Waals surface area (Å²) < 4.78 is 0. The van der Waals surface area contributed by atoms with E-state index in [-0.39, 0.29) is 0 Å². The van der Waals surface area contributed by atoms with Crippen molar-refractivity contribution in [2.75, 3.05) is 0 Å². The van der Waals surface area contributed by atoms with Crippen molar-refractivity contribution in [2.45, 2.75) is 45.6 Å². The van der Waals surface area contributed by atoms with Gasteiger partial charge in [0.1, 0.15) is 0 Å². The van der Waals surface area contributed by atoms with Crippen molar-refractivity contribution in [3.05, 3.63) is 0 Å². The van der Waals surface area contributed by atoms with E-state index in [0.717, 1.165) is 12.8 Å². The average molecular weight is 173 g/mol. The second kappa shape index (κ2) is 6.00. The first-order valence-electron chi connectivity index (χ1n) is 4.47. The number of hydrogen-bond donors (Lipinski definition) is 2. The van der Waals surface area contributed by atoms with Gasteiger partial charge >= 0.3 is 0 Å². The molecule has 72 valence electrons. The predicted octanol–water partition coefficient (Wildman–Crippen LogP) is 1.61. The Balaban J connectivity index is 0.000000261. The topological polar surface area (TPSA) is 63.3 Å². The lowest BCUT2D eigenvalue weighted by atomic mass is 9.88. The molecule has 1 aliphatic carbocycles. The molecule has 1 fully saturated rings. The molecule has 3 nitrogen and oxygen atoms in total. The zero-order valence-corrected chi connectivity index (χ0v) is 7.92. The van der Waals surface area contributed by atoms with Gasteiger partial charge in [-0.05, 0) is 31.6 Å². The summed E-state index contributed by atoms with van der Waals surface area (Å²) in [6, 6.07) is 0.520. The zero-order chi connectivity index (χ0) is 9.56. The maximum Gasteiger partial charge on any atom is 0.300 e. The molecule has 0 aromatic carbocycles. The highest BCUT2D eigenvalue weighted by atomic mass is 16.4. The van der Waals surface area contributed by atoms with Crippen molar-refractivity contribution in [1.29, 1.82) is 0 Å². The van der Waals surface area contributed by atoms with Gasteiger partial charge in [-0.15, -0.1) is 0 Å². The summed E-state index contributed by atoms with van der Waals surface area (Å²) in [7, 11) is 0. The third-order valence-corrected chi connectivity index (χ3v) is 2.06. The van der Waals surface area contributed by atoms with Crippen molar-refractivity contribution in [3.8, 4) is 0 Å². The Labute approximate surface area is 74.0 Å². The van der Waals surface area contributed by atoms with Crippen LogP contribution in [0.3, 0.4) is 0 Å². The van der Waals surface area contributed by atoms with E-state index in [1.807, 2.05) is 0 Å². The van der Waals surface area contributed by atoms with E-state index in [2.05, 4.69) is 6.92 Å². The monoisotopic (exact) mass is 173 g/mol. The normalized spacial score (nSPS) is 28.6. The average Bonchev–Trinajstić information content (AvgIpc) is 1.94. The van der Waals surface area contributed by atoms with Gasteiger partial charge in [0.25, 0.3) is 5.97 Å². The molecule has 0 atom stereocenters. The molecular weight excluding hydrogens is 154 g/mol. The van der Waals surface area contributed by atoms with Crippen LogP contribution < -0.4 is 5.73 Å². The number of hydrogen-bond acceptors (Lipinski definition) is 2. The lowest BCUT2D eigenvalue weighted by Gasteiger charge is -2.22. The molecule has 0 heterocycles. The Morgan fingerprint density at radius 1 is 1.33 bits per heavy atom. The number of rotatable bonds is 0. The molecule has 1 aliphatic rings. The van der Waals surface area contributed by atoms with Crippen LogP contribution in [0, 0.1) is 5.92 Å². The molecule has 0 aliphatic heterocycles. The summed E-state index contributed by atoms with van der Waals surface area (Å²) in [4.78, 5) is 9.00. The summed E-state index contributed by atoms with van der Waals surface area (Å²) in [5.74, 6) is 0.106. The molecule has 0 aromatic heterocycles. The first kappa shape index (κ1) is 11.4. The molecule has 0 radical (unpaired) electrons. The predicted molar refractivity (Wildman–Crippen MR) is 48.9 cm³/mol. The van der Waals surface area contributed by atoms with Crippen LogP contribution in [0.4, 0.5) is 0 Å². The molecule has 0 aromatic rings. The van der Waals surface area contributed by atoms with Crippen LogP contribution in [0.5, 0.6) is 0 Å². The fourth-order valence-electron chi connectivity index (χ4n) is 1.29. The van der Waals surface area contributed by atoms with Crippen LogP contribution in [0.15, 0.2) is 0 Å². The van der Waals surface area contributed by atoms with Gasteiger partial charge in [-0.1, -0.05) is 6.92 Å². The molecule has 1 rings (SSSR count). The minimum Gasteiger partial charge on any atom is -0.481 e. The molecular formula is C9H19NO2. The highest BCUT2D eigenvalue weighted by Gasteiger charge is 2.13. The molecule has 0 spiro atoms.